The van der Waals surface area contributed by atoms with Gasteiger partial charge in [-0.15, -0.1) is 0 Å². The smallest absolute Gasteiger partial charge is 0.308 e. The average Bonchev–Trinajstić information content (AvgIpc) is 2.91. The fourth-order valence-electron chi connectivity index (χ4n) is 3.34. The molecule has 0 bridgehead atoms. The van der Waals surface area contributed by atoms with Crippen LogP contribution >= 0.6 is 0 Å². The first-order valence-corrected chi connectivity index (χ1v) is 7.76. The van der Waals surface area contributed by atoms with Gasteiger partial charge in [0.25, 0.3) is 0 Å². The minimum absolute atomic E-state index is 0.102. The van der Waals surface area contributed by atoms with E-state index in [0.29, 0.717) is 32.0 Å². The Labute approximate surface area is 121 Å². The minimum atomic E-state index is -0.255. The van der Waals surface area contributed by atoms with E-state index in [9.17, 15) is 9.90 Å². The van der Waals surface area contributed by atoms with E-state index in [0.717, 1.165) is 13.0 Å². The Morgan fingerprint density at radius 2 is 2.20 bits per heavy atom. The maximum Gasteiger partial charge on any atom is 0.308 e. The number of nitrogens with zero attached hydrogens (tertiary/aromatic N) is 1. The molecule has 2 unspecified atom stereocenters. The highest BCUT2D eigenvalue weighted by molar-refractivity contribution is 5.69. The van der Waals surface area contributed by atoms with Gasteiger partial charge in [0.05, 0.1) is 32.3 Å². The molecule has 5 heteroatoms. The van der Waals surface area contributed by atoms with Gasteiger partial charge in [0.1, 0.15) is 0 Å². The largest absolute Gasteiger partial charge is 0.469 e. The van der Waals surface area contributed by atoms with Gasteiger partial charge < -0.3 is 14.6 Å². The van der Waals surface area contributed by atoms with Crippen LogP contribution in [0, 0.1) is 5.92 Å². The van der Waals surface area contributed by atoms with Gasteiger partial charge >= 0.3 is 5.97 Å². The molecule has 20 heavy (non-hydrogen) atoms. The van der Waals surface area contributed by atoms with Crippen LogP contribution in [0.25, 0.3) is 0 Å². The van der Waals surface area contributed by atoms with Crippen LogP contribution in [-0.4, -0.2) is 61.5 Å². The summed E-state index contributed by atoms with van der Waals surface area (Å²) in [4.78, 5) is 13.5. The first kappa shape index (κ1) is 15.7. The van der Waals surface area contributed by atoms with Crippen molar-refractivity contribution >= 4 is 5.97 Å². The fourth-order valence-corrected chi connectivity index (χ4v) is 3.34. The Morgan fingerprint density at radius 1 is 1.45 bits per heavy atom. The van der Waals surface area contributed by atoms with Crippen LogP contribution < -0.4 is 0 Å². The number of carbonyl (C=O) groups excluding carboxylic acids is 1. The van der Waals surface area contributed by atoms with E-state index < -0.39 is 0 Å². The van der Waals surface area contributed by atoms with Gasteiger partial charge in [-0.05, 0) is 12.3 Å². The Bertz CT molecular complexity index is 304. The van der Waals surface area contributed by atoms with Crippen LogP contribution in [0.4, 0.5) is 0 Å². The first-order chi connectivity index (χ1) is 9.67. The Balaban J connectivity index is 1.70. The predicted octanol–water partition coefficient (Wildman–Crippen LogP) is 1.19. The Morgan fingerprint density at radius 3 is 2.90 bits per heavy atom. The predicted molar refractivity (Wildman–Crippen MR) is 75.4 cm³/mol. The molecule has 2 aliphatic rings. The fraction of sp³-hybridized carbons (Fsp3) is 0.933. The second kappa shape index (κ2) is 7.96. The highest BCUT2D eigenvalue weighted by atomic mass is 16.5. The molecule has 2 atom stereocenters. The van der Waals surface area contributed by atoms with Crippen molar-refractivity contribution in [2.45, 2.75) is 50.7 Å². The molecule has 1 N–H and O–H groups in total. The summed E-state index contributed by atoms with van der Waals surface area (Å²) in [6, 6.07) is 0. The van der Waals surface area contributed by atoms with Crippen molar-refractivity contribution < 1.29 is 19.4 Å². The molecule has 0 spiro atoms. The molecule has 1 aliphatic heterocycles. The monoisotopic (exact) mass is 285 g/mol. The molecule has 5 nitrogen and oxygen atoms in total. The summed E-state index contributed by atoms with van der Waals surface area (Å²) in [5.41, 5.74) is 0. The summed E-state index contributed by atoms with van der Waals surface area (Å²) < 4.78 is 10.2. The zero-order valence-electron chi connectivity index (χ0n) is 12.4. The van der Waals surface area contributed by atoms with Crippen molar-refractivity contribution in [3.63, 3.8) is 0 Å². The molecular weight excluding hydrogens is 258 g/mol. The van der Waals surface area contributed by atoms with Crippen LogP contribution in [0.15, 0.2) is 0 Å². The van der Waals surface area contributed by atoms with E-state index in [1.807, 2.05) is 0 Å². The number of rotatable bonds is 6. The van der Waals surface area contributed by atoms with Crippen LogP contribution in [0.1, 0.15) is 38.5 Å². The quantitative estimate of drug-likeness (QED) is 0.743. The van der Waals surface area contributed by atoms with Crippen molar-refractivity contribution in [1.29, 1.82) is 0 Å². The number of esters is 1. The molecule has 0 amide bonds. The standard InChI is InChI=1S/C15H27NO4/c1-19-15(18)9-14-11-16(6-7-20-14)10-13(17)8-12-4-2-3-5-12/h12-14,17H,2-11H2,1H3. The molecule has 1 saturated heterocycles. The Hall–Kier alpha value is -0.650. The van der Waals surface area contributed by atoms with E-state index in [2.05, 4.69) is 9.64 Å². The SMILES string of the molecule is COC(=O)CC1CN(CC(O)CC2CCCC2)CCO1. The Kier molecular flexibility index (Phi) is 6.26. The first-order valence-electron chi connectivity index (χ1n) is 7.76. The van der Waals surface area contributed by atoms with Gasteiger partial charge in [0.15, 0.2) is 0 Å². The van der Waals surface area contributed by atoms with Crippen LogP contribution in [-0.2, 0) is 14.3 Å². The summed E-state index contributed by atoms with van der Waals surface area (Å²) in [6.45, 7) is 2.85. The van der Waals surface area contributed by atoms with Gasteiger partial charge in [-0.2, -0.15) is 0 Å². The molecule has 2 fully saturated rings. The molecule has 0 aromatic heterocycles. The number of aliphatic hydroxyl groups is 1. The van der Waals surface area contributed by atoms with Gasteiger partial charge in [-0.25, -0.2) is 0 Å². The lowest BCUT2D eigenvalue weighted by molar-refractivity contribution is -0.145. The molecular formula is C15H27NO4. The zero-order chi connectivity index (χ0) is 14.4. The average molecular weight is 285 g/mol. The summed E-state index contributed by atoms with van der Waals surface area (Å²) in [5, 5.41) is 10.2. The van der Waals surface area contributed by atoms with Crippen molar-refractivity contribution in [3.05, 3.63) is 0 Å². The summed E-state index contributed by atoms with van der Waals surface area (Å²) in [7, 11) is 1.40. The molecule has 2 rings (SSSR count). The summed E-state index contributed by atoms with van der Waals surface area (Å²) in [5.74, 6) is 0.472. The van der Waals surface area contributed by atoms with E-state index in [1.54, 1.807) is 0 Å². The second-order valence-electron chi connectivity index (χ2n) is 6.07. The van der Waals surface area contributed by atoms with Gasteiger partial charge in [-0.3, -0.25) is 9.69 Å². The van der Waals surface area contributed by atoms with Crippen LogP contribution in [0.2, 0.25) is 0 Å². The van der Waals surface area contributed by atoms with Gasteiger partial charge in [-0.1, -0.05) is 25.7 Å². The van der Waals surface area contributed by atoms with Gasteiger partial charge in [0.2, 0.25) is 0 Å². The summed E-state index contributed by atoms with van der Waals surface area (Å²) >= 11 is 0. The minimum Gasteiger partial charge on any atom is -0.469 e. The van der Waals surface area contributed by atoms with Crippen LogP contribution in [0.5, 0.6) is 0 Å². The zero-order valence-corrected chi connectivity index (χ0v) is 12.4. The maximum atomic E-state index is 11.3. The van der Waals surface area contributed by atoms with Gasteiger partial charge in [0, 0.05) is 19.6 Å². The highest BCUT2D eigenvalue weighted by Gasteiger charge is 2.26. The number of hydrogen-bond donors (Lipinski definition) is 1. The highest BCUT2D eigenvalue weighted by Crippen LogP contribution is 2.28. The van der Waals surface area contributed by atoms with E-state index in [-0.39, 0.29) is 18.2 Å². The molecule has 1 saturated carbocycles. The number of aliphatic hydroxyl groups excluding tert-OH is 1. The molecule has 0 aromatic rings. The normalized spacial score (nSPS) is 26.6. The van der Waals surface area contributed by atoms with Crippen molar-refractivity contribution in [2.24, 2.45) is 5.92 Å². The molecule has 0 aromatic carbocycles. The molecule has 1 heterocycles. The third-order valence-corrected chi connectivity index (χ3v) is 4.39. The van der Waals surface area contributed by atoms with E-state index >= 15 is 0 Å². The molecule has 0 radical (unpaired) electrons. The molecule has 116 valence electrons. The van der Waals surface area contributed by atoms with E-state index in [1.165, 1.54) is 32.8 Å². The third kappa shape index (κ3) is 5.04. The van der Waals surface area contributed by atoms with Crippen LogP contribution in [0.3, 0.4) is 0 Å². The van der Waals surface area contributed by atoms with Crippen molar-refractivity contribution in [1.82, 2.24) is 4.90 Å². The molecule has 1 aliphatic carbocycles. The second-order valence-corrected chi connectivity index (χ2v) is 6.07. The van der Waals surface area contributed by atoms with Crippen molar-refractivity contribution in [2.75, 3.05) is 33.4 Å². The lowest BCUT2D eigenvalue weighted by Gasteiger charge is -2.34. The summed E-state index contributed by atoms with van der Waals surface area (Å²) in [6.07, 6.45) is 6.03. The maximum absolute atomic E-state index is 11.3. The lowest BCUT2D eigenvalue weighted by Crippen LogP contribution is -2.46. The van der Waals surface area contributed by atoms with Crippen molar-refractivity contribution in [3.8, 4) is 0 Å². The number of morpholine rings is 1. The number of ether oxygens (including phenoxy) is 2. The number of carbonyl (C=O) groups is 1. The third-order valence-electron chi connectivity index (χ3n) is 4.39. The van der Waals surface area contributed by atoms with E-state index in [4.69, 9.17) is 4.74 Å². The number of β-amino-alcohol motifs (C(OH)–C–C–N with tert-alkyl or cyclic N) is 1. The number of methoxy groups -OCH3 is 1. The topological polar surface area (TPSA) is 59.0 Å². The lowest BCUT2D eigenvalue weighted by atomic mass is 9.99. The number of hydrogen-bond acceptors (Lipinski definition) is 5.